The molecule has 0 saturated carbocycles. The number of rotatable bonds is 4. The molecule has 0 aromatic heterocycles. The van der Waals surface area contributed by atoms with E-state index in [1.165, 1.54) is 5.56 Å². The van der Waals surface area contributed by atoms with Crippen LogP contribution < -0.4 is 10.6 Å². The van der Waals surface area contributed by atoms with Crippen molar-refractivity contribution in [3.8, 4) is 0 Å². The molecule has 1 unspecified atom stereocenters. The van der Waals surface area contributed by atoms with Gasteiger partial charge in [-0.3, -0.25) is 4.79 Å². The maximum atomic E-state index is 12.4. The van der Waals surface area contributed by atoms with E-state index in [1.54, 1.807) is 0 Å². The molecule has 1 saturated heterocycles. The number of fused-ring (bicyclic) bond motifs is 1. The molecule has 1 fully saturated rings. The number of aliphatic hydroxyl groups is 1. The zero-order chi connectivity index (χ0) is 14.7. The van der Waals surface area contributed by atoms with Gasteiger partial charge in [-0.1, -0.05) is 18.2 Å². The highest BCUT2D eigenvalue weighted by Gasteiger charge is 2.34. The fourth-order valence-corrected chi connectivity index (χ4v) is 3.19. The van der Waals surface area contributed by atoms with Gasteiger partial charge in [0.25, 0.3) is 0 Å². The minimum absolute atomic E-state index is 0.00875. The summed E-state index contributed by atoms with van der Waals surface area (Å²) in [6, 6.07) is 8.12. The first-order valence-corrected chi connectivity index (χ1v) is 7.55. The van der Waals surface area contributed by atoms with Crippen molar-refractivity contribution in [2.75, 3.05) is 31.7 Å². The predicted molar refractivity (Wildman–Crippen MR) is 80.3 cm³/mol. The number of amides is 1. The number of hydrogen-bond donors (Lipinski definition) is 3. The van der Waals surface area contributed by atoms with Crippen molar-refractivity contribution in [3.63, 3.8) is 0 Å². The molecule has 0 radical (unpaired) electrons. The molecule has 21 heavy (non-hydrogen) atoms. The lowest BCUT2D eigenvalue weighted by Crippen LogP contribution is -2.54. The summed E-state index contributed by atoms with van der Waals surface area (Å²) in [6.45, 7) is 1.95. The summed E-state index contributed by atoms with van der Waals surface area (Å²) in [5.74, 6) is 0.214. The number of nitrogens with one attached hydrogen (secondary N) is 2. The van der Waals surface area contributed by atoms with Crippen LogP contribution in [-0.4, -0.2) is 42.9 Å². The van der Waals surface area contributed by atoms with Crippen molar-refractivity contribution >= 4 is 11.6 Å². The number of aliphatic hydroxyl groups excluding tert-OH is 1. The van der Waals surface area contributed by atoms with Crippen LogP contribution in [0, 0.1) is 0 Å². The molecule has 1 atom stereocenters. The Labute approximate surface area is 124 Å². The molecule has 1 amide bonds. The van der Waals surface area contributed by atoms with Gasteiger partial charge in [-0.15, -0.1) is 0 Å². The molecule has 0 aliphatic carbocycles. The predicted octanol–water partition coefficient (Wildman–Crippen LogP) is 1.24. The summed E-state index contributed by atoms with van der Waals surface area (Å²) < 4.78 is 5.32. The van der Waals surface area contributed by atoms with Gasteiger partial charge in [0.1, 0.15) is 0 Å². The van der Waals surface area contributed by atoms with Gasteiger partial charge in [0.2, 0.25) is 5.91 Å². The molecule has 5 nitrogen and oxygen atoms in total. The Hall–Kier alpha value is -1.59. The maximum Gasteiger partial charge on any atom is 0.221 e. The molecule has 0 spiro atoms. The second-order valence-electron chi connectivity index (χ2n) is 5.97. The van der Waals surface area contributed by atoms with Gasteiger partial charge < -0.3 is 20.5 Å². The summed E-state index contributed by atoms with van der Waals surface area (Å²) in [5, 5.41) is 16.0. The van der Waals surface area contributed by atoms with E-state index in [0.717, 1.165) is 12.2 Å². The average molecular weight is 290 g/mol. The second-order valence-corrected chi connectivity index (χ2v) is 5.97. The van der Waals surface area contributed by atoms with Crippen LogP contribution >= 0.6 is 0 Å². The van der Waals surface area contributed by atoms with Crippen molar-refractivity contribution in [2.45, 2.75) is 30.7 Å². The van der Waals surface area contributed by atoms with E-state index < -0.39 is 5.54 Å². The fraction of sp³-hybridized carbons (Fsp3) is 0.562. The Balaban J connectivity index is 1.62. The minimum Gasteiger partial charge on any atom is -0.394 e. The third-order valence-electron chi connectivity index (χ3n) is 4.53. The summed E-state index contributed by atoms with van der Waals surface area (Å²) in [5.41, 5.74) is 1.83. The highest BCUT2D eigenvalue weighted by Crippen LogP contribution is 2.33. The third-order valence-corrected chi connectivity index (χ3v) is 4.53. The highest BCUT2D eigenvalue weighted by molar-refractivity contribution is 5.79. The summed E-state index contributed by atoms with van der Waals surface area (Å²) >= 11 is 0. The van der Waals surface area contributed by atoms with Crippen LogP contribution in [0.15, 0.2) is 24.3 Å². The number of hydrogen-bond acceptors (Lipinski definition) is 4. The largest absolute Gasteiger partial charge is 0.394 e. The quantitative estimate of drug-likeness (QED) is 0.780. The van der Waals surface area contributed by atoms with E-state index in [1.807, 2.05) is 18.2 Å². The van der Waals surface area contributed by atoms with E-state index in [2.05, 4.69) is 16.7 Å². The zero-order valence-corrected chi connectivity index (χ0v) is 12.1. The van der Waals surface area contributed by atoms with Crippen LogP contribution in [0.3, 0.4) is 0 Å². The van der Waals surface area contributed by atoms with E-state index in [4.69, 9.17) is 4.74 Å². The molecule has 0 bridgehead atoms. The number of anilines is 1. The van der Waals surface area contributed by atoms with Crippen LogP contribution in [-0.2, 0) is 9.53 Å². The number of ether oxygens (including phenoxy) is 1. The first-order valence-electron chi connectivity index (χ1n) is 7.55. The smallest absolute Gasteiger partial charge is 0.221 e. The lowest BCUT2D eigenvalue weighted by Gasteiger charge is -2.36. The summed E-state index contributed by atoms with van der Waals surface area (Å²) in [4.78, 5) is 12.4. The first-order chi connectivity index (χ1) is 10.2. The van der Waals surface area contributed by atoms with E-state index in [9.17, 15) is 9.90 Å². The molecule has 114 valence electrons. The van der Waals surface area contributed by atoms with Gasteiger partial charge >= 0.3 is 0 Å². The lowest BCUT2D eigenvalue weighted by molar-refractivity contribution is -0.125. The molecule has 2 heterocycles. The Morgan fingerprint density at radius 2 is 2.14 bits per heavy atom. The summed E-state index contributed by atoms with van der Waals surface area (Å²) in [6.07, 6.45) is 1.80. The topological polar surface area (TPSA) is 70.6 Å². The molecule has 3 rings (SSSR count). The van der Waals surface area contributed by atoms with Crippen LogP contribution in [0.5, 0.6) is 0 Å². The molecule has 1 aromatic carbocycles. The van der Waals surface area contributed by atoms with E-state index >= 15 is 0 Å². The van der Waals surface area contributed by atoms with Crippen molar-refractivity contribution in [1.29, 1.82) is 0 Å². The third kappa shape index (κ3) is 3.04. The van der Waals surface area contributed by atoms with Gasteiger partial charge in [0.15, 0.2) is 0 Å². The van der Waals surface area contributed by atoms with Gasteiger partial charge in [-0.05, 0) is 24.5 Å². The molecule has 5 heteroatoms. The Morgan fingerprint density at radius 1 is 1.38 bits per heavy atom. The van der Waals surface area contributed by atoms with Crippen LogP contribution in [0.25, 0.3) is 0 Å². The molecular formula is C16H22N2O3. The van der Waals surface area contributed by atoms with E-state index in [-0.39, 0.29) is 18.4 Å². The highest BCUT2D eigenvalue weighted by atomic mass is 16.5. The molecule has 3 N–H and O–H groups in total. The molecule has 2 aliphatic heterocycles. The number of carbonyl (C=O) groups excluding carboxylic acids is 1. The second kappa shape index (κ2) is 6.03. The number of para-hydroxylation sites is 1. The normalized spacial score (nSPS) is 23.2. The van der Waals surface area contributed by atoms with Crippen molar-refractivity contribution < 1.29 is 14.6 Å². The molecule has 1 aromatic rings. The fourth-order valence-electron chi connectivity index (χ4n) is 3.19. The standard InChI is InChI=1S/C16H22N2O3/c19-11-16(5-7-21-8-6-16)18-15(20)9-12-10-17-14-4-2-1-3-13(12)14/h1-4,12,17,19H,5-11H2,(H,18,20). The maximum absolute atomic E-state index is 12.4. The van der Waals surface area contributed by atoms with Gasteiger partial charge in [-0.25, -0.2) is 0 Å². The van der Waals surface area contributed by atoms with Gasteiger partial charge in [0, 0.05) is 37.8 Å². The minimum atomic E-state index is -0.499. The average Bonchev–Trinajstić information content (AvgIpc) is 2.91. The van der Waals surface area contributed by atoms with Crippen LogP contribution in [0.1, 0.15) is 30.7 Å². The summed E-state index contributed by atoms with van der Waals surface area (Å²) in [7, 11) is 0. The van der Waals surface area contributed by atoms with Crippen LogP contribution in [0.2, 0.25) is 0 Å². The first kappa shape index (κ1) is 14.4. The van der Waals surface area contributed by atoms with E-state index in [0.29, 0.717) is 32.5 Å². The Morgan fingerprint density at radius 3 is 2.90 bits per heavy atom. The molecular weight excluding hydrogens is 268 g/mol. The van der Waals surface area contributed by atoms with Crippen LogP contribution in [0.4, 0.5) is 5.69 Å². The monoisotopic (exact) mass is 290 g/mol. The lowest BCUT2D eigenvalue weighted by atomic mass is 9.90. The Kier molecular flexibility index (Phi) is 4.12. The number of benzene rings is 1. The van der Waals surface area contributed by atoms with Gasteiger partial charge in [0.05, 0.1) is 12.1 Å². The molecule has 2 aliphatic rings. The van der Waals surface area contributed by atoms with Crippen molar-refractivity contribution in [3.05, 3.63) is 29.8 Å². The SMILES string of the molecule is O=C(CC1CNc2ccccc21)NC1(CO)CCOCC1. The number of carbonyl (C=O) groups is 1. The van der Waals surface area contributed by atoms with Crippen molar-refractivity contribution in [2.24, 2.45) is 0 Å². The Bertz CT molecular complexity index is 512. The van der Waals surface area contributed by atoms with Crippen molar-refractivity contribution in [1.82, 2.24) is 5.32 Å². The zero-order valence-electron chi connectivity index (χ0n) is 12.1. The van der Waals surface area contributed by atoms with Gasteiger partial charge in [-0.2, -0.15) is 0 Å².